The van der Waals surface area contributed by atoms with Gasteiger partial charge < -0.3 is 11.1 Å². The number of carbonyl (C=O) groups excluding carboxylic acids is 1. The van der Waals surface area contributed by atoms with Crippen LogP contribution >= 0.6 is 0 Å². The van der Waals surface area contributed by atoms with Gasteiger partial charge in [0.2, 0.25) is 5.91 Å². The summed E-state index contributed by atoms with van der Waals surface area (Å²) in [5, 5.41) is 3.01. The van der Waals surface area contributed by atoms with Crippen LogP contribution in [0.5, 0.6) is 0 Å². The second kappa shape index (κ2) is 7.03. The second-order valence-corrected chi connectivity index (χ2v) is 7.10. The summed E-state index contributed by atoms with van der Waals surface area (Å²) in [4.78, 5) is 12.3. The van der Waals surface area contributed by atoms with Crippen molar-refractivity contribution in [3.63, 3.8) is 0 Å². The molecule has 0 heterocycles. The Kier molecular flexibility index (Phi) is 5.90. The molecule has 3 nitrogen and oxygen atoms in total. The van der Waals surface area contributed by atoms with Crippen molar-refractivity contribution >= 4 is 5.91 Å². The van der Waals surface area contributed by atoms with Crippen LogP contribution in [0.25, 0.3) is 0 Å². The Morgan fingerprint density at radius 3 is 2.19 bits per heavy atom. The number of hydrogen-bond donors (Lipinski definition) is 2. The number of amides is 1. The van der Waals surface area contributed by atoms with Crippen molar-refractivity contribution < 1.29 is 9.18 Å². The molecule has 0 aliphatic rings. The topological polar surface area (TPSA) is 55.1 Å². The molecule has 0 saturated carbocycles. The molecule has 0 fully saturated rings. The third kappa shape index (κ3) is 5.46. The van der Waals surface area contributed by atoms with Crippen LogP contribution in [0.4, 0.5) is 4.39 Å². The highest BCUT2D eigenvalue weighted by Crippen LogP contribution is 2.32. The van der Waals surface area contributed by atoms with E-state index in [4.69, 9.17) is 5.73 Å². The first-order chi connectivity index (χ1) is 9.61. The molecular formula is C17H27FN2O. The minimum atomic E-state index is -0.518. The lowest BCUT2D eigenvalue weighted by molar-refractivity contribution is -0.124. The Morgan fingerprint density at radius 1 is 1.24 bits per heavy atom. The molecule has 1 aromatic rings. The van der Waals surface area contributed by atoms with Crippen molar-refractivity contribution in [3.8, 4) is 0 Å². The van der Waals surface area contributed by atoms with Crippen molar-refractivity contribution in [2.75, 3.05) is 0 Å². The molecule has 0 spiro atoms. The average molecular weight is 294 g/mol. The minimum absolute atomic E-state index is 0.159. The van der Waals surface area contributed by atoms with Gasteiger partial charge in [0.1, 0.15) is 5.82 Å². The van der Waals surface area contributed by atoms with E-state index in [-0.39, 0.29) is 23.2 Å². The number of halogens is 1. The summed E-state index contributed by atoms with van der Waals surface area (Å²) in [5.41, 5.74) is 6.63. The molecule has 1 rings (SSSR count). The van der Waals surface area contributed by atoms with Gasteiger partial charge in [0.05, 0.1) is 12.1 Å². The Hall–Kier alpha value is -1.42. The highest BCUT2D eigenvalue weighted by molar-refractivity contribution is 5.82. The fourth-order valence-corrected chi connectivity index (χ4v) is 2.32. The lowest BCUT2D eigenvalue weighted by Gasteiger charge is -2.33. The Bertz CT molecular complexity index is 463. The summed E-state index contributed by atoms with van der Waals surface area (Å²) in [6.07, 6.45) is 0.645. The van der Waals surface area contributed by atoms with Gasteiger partial charge in [-0.05, 0) is 35.4 Å². The van der Waals surface area contributed by atoms with Crippen LogP contribution in [-0.2, 0) is 4.79 Å². The van der Waals surface area contributed by atoms with Crippen LogP contribution in [0.3, 0.4) is 0 Å². The first-order valence-electron chi connectivity index (χ1n) is 7.42. The molecule has 0 bridgehead atoms. The maximum absolute atomic E-state index is 13.1. The third-order valence-electron chi connectivity index (χ3n) is 3.42. The predicted molar refractivity (Wildman–Crippen MR) is 84.2 cm³/mol. The van der Waals surface area contributed by atoms with E-state index in [1.165, 1.54) is 12.1 Å². The zero-order valence-corrected chi connectivity index (χ0v) is 13.6. The van der Waals surface area contributed by atoms with E-state index in [2.05, 4.69) is 5.32 Å². The molecular weight excluding hydrogens is 267 g/mol. The SMILES string of the molecule is CC(C)C[C@H](N)C(=O)NC(c1ccc(F)cc1)C(C)(C)C. The highest BCUT2D eigenvalue weighted by atomic mass is 19.1. The maximum Gasteiger partial charge on any atom is 0.237 e. The first-order valence-corrected chi connectivity index (χ1v) is 7.42. The molecule has 3 N–H and O–H groups in total. The summed E-state index contributed by atoms with van der Waals surface area (Å²) in [5.74, 6) is -0.0770. The molecule has 1 unspecified atom stereocenters. The number of nitrogens with two attached hydrogens (primary N) is 1. The Morgan fingerprint density at radius 2 is 1.76 bits per heavy atom. The monoisotopic (exact) mass is 294 g/mol. The molecule has 0 aromatic heterocycles. The van der Waals surface area contributed by atoms with Crippen LogP contribution in [-0.4, -0.2) is 11.9 Å². The van der Waals surface area contributed by atoms with Gasteiger partial charge in [0.15, 0.2) is 0 Å². The maximum atomic E-state index is 13.1. The van der Waals surface area contributed by atoms with Gasteiger partial charge >= 0.3 is 0 Å². The zero-order chi connectivity index (χ0) is 16.2. The minimum Gasteiger partial charge on any atom is -0.347 e. The highest BCUT2D eigenvalue weighted by Gasteiger charge is 2.29. The van der Waals surface area contributed by atoms with Crippen LogP contribution in [0.1, 0.15) is 52.6 Å². The quantitative estimate of drug-likeness (QED) is 0.874. The van der Waals surface area contributed by atoms with Gasteiger partial charge in [-0.15, -0.1) is 0 Å². The molecule has 1 aromatic carbocycles. The van der Waals surface area contributed by atoms with Gasteiger partial charge in [-0.3, -0.25) is 4.79 Å². The molecule has 0 aliphatic carbocycles. The summed E-state index contributed by atoms with van der Waals surface area (Å²) >= 11 is 0. The summed E-state index contributed by atoms with van der Waals surface area (Å²) in [6, 6.07) is 5.51. The normalized spacial score (nSPS) is 14.9. The summed E-state index contributed by atoms with van der Waals surface area (Å²) in [6.45, 7) is 10.2. The lowest BCUT2D eigenvalue weighted by Crippen LogP contribution is -2.46. The van der Waals surface area contributed by atoms with Gasteiger partial charge in [0, 0.05) is 0 Å². The third-order valence-corrected chi connectivity index (χ3v) is 3.42. The van der Waals surface area contributed by atoms with Crippen molar-refractivity contribution in [2.45, 2.75) is 53.1 Å². The largest absolute Gasteiger partial charge is 0.347 e. The van der Waals surface area contributed by atoms with Crippen LogP contribution < -0.4 is 11.1 Å². The first kappa shape index (κ1) is 17.6. The second-order valence-electron chi connectivity index (χ2n) is 7.10. The number of nitrogens with one attached hydrogen (secondary N) is 1. The Labute approximate surface area is 127 Å². The molecule has 0 aliphatic heterocycles. The fraction of sp³-hybridized carbons (Fsp3) is 0.588. The number of rotatable bonds is 5. The fourth-order valence-electron chi connectivity index (χ4n) is 2.32. The molecule has 2 atom stereocenters. The van der Waals surface area contributed by atoms with Gasteiger partial charge in [-0.1, -0.05) is 46.8 Å². The standard InChI is InChI=1S/C17H27FN2O/c1-11(2)10-14(19)16(21)20-15(17(3,4)5)12-6-8-13(18)9-7-12/h6-9,11,14-15H,10,19H2,1-5H3,(H,20,21)/t14-,15?/m0/s1. The number of hydrogen-bond acceptors (Lipinski definition) is 2. The Balaban J connectivity index is 2.90. The zero-order valence-electron chi connectivity index (χ0n) is 13.6. The van der Waals surface area contributed by atoms with Crippen LogP contribution in [0.2, 0.25) is 0 Å². The van der Waals surface area contributed by atoms with E-state index in [0.29, 0.717) is 12.3 Å². The molecule has 0 radical (unpaired) electrons. The van der Waals surface area contributed by atoms with E-state index in [0.717, 1.165) is 5.56 Å². The summed E-state index contributed by atoms with van der Waals surface area (Å²) in [7, 11) is 0. The number of benzene rings is 1. The van der Waals surface area contributed by atoms with Crippen molar-refractivity contribution in [2.24, 2.45) is 17.1 Å². The van der Waals surface area contributed by atoms with E-state index >= 15 is 0 Å². The lowest BCUT2D eigenvalue weighted by atomic mass is 9.82. The van der Waals surface area contributed by atoms with E-state index in [9.17, 15) is 9.18 Å². The van der Waals surface area contributed by atoms with Crippen molar-refractivity contribution in [3.05, 3.63) is 35.6 Å². The molecule has 21 heavy (non-hydrogen) atoms. The van der Waals surface area contributed by atoms with Crippen molar-refractivity contribution in [1.29, 1.82) is 0 Å². The van der Waals surface area contributed by atoms with Gasteiger partial charge in [-0.2, -0.15) is 0 Å². The summed E-state index contributed by atoms with van der Waals surface area (Å²) < 4.78 is 13.1. The van der Waals surface area contributed by atoms with Crippen LogP contribution in [0.15, 0.2) is 24.3 Å². The molecule has 1 amide bonds. The number of carbonyl (C=O) groups is 1. The molecule has 0 saturated heterocycles. The van der Waals surface area contributed by atoms with Crippen molar-refractivity contribution in [1.82, 2.24) is 5.32 Å². The van der Waals surface area contributed by atoms with E-state index in [1.807, 2.05) is 34.6 Å². The molecule has 118 valence electrons. The van der Waals surface area contributed by atoms with E-state index < -0.39 is 6.04 Å². The van der Waals surface area contributed by atoms with Gasteiger partial charge in [-0.25, -0.2) is 4.39 Å². The predicted octanol–water partition coefficient (Wildman–Crippen LogP) is 3.40. The smallest absolute Gasteiger partial charge is 0.237 e. The van der Waals surface area contributed by atoms with Gasteiger partial charge in [0.25, 0.3) is 0 Å². The molecule has 4 heteroatoms. The van der Waals surface area contributed by atoms with Crippen LogP contribution in [0, 0.1) is 17.2 Å². The van der Waals surface area contributed by atoms with E-state index in [1.54, 1.807) is 12.1 Å². The average Bonchev–Trinajstić information content (AvgIpc) is 2.34.